The van der Waals surface area contributed by atoms with Crippen LogP contribution in [0.1, 0.15) is 26.7 Å². The van der Waals surface area contributed by atoms with E-state index in [1.807, 2.05) is 7.05 Å². The monoisotopic (exact) mass is 224 g/mol. The molecule has 0 radical (unpaired) electrons. The lowest BCUT2D eigenvalue weighted by atomic mass is 10.2. The smallest absolute Gasteiger partial charge is 0.244 e. The van der Waals surface area contributed by atoms with E-state index in [9.17, 15) is 4.79 Å². The van der Waals surface area contributed by atoms with E-state index in [1.165, 1.54) is 0 Å². The summed E-state index contributed by atoms with van der Waals surface area (Å²) < 4.78 is 1.56. The first-order valence-corrected chi connectivity index (χ1v) is 5.59. The van der Waals surface area contributed by atoms with E-state index in [-0.39, 0.29) is 18.5 Å². The molecule has 1 amide bonds. The molecule has 1 aromatic rings. The molecule has 0 saturated carbocycles. The summed E-state index contributed by atoms with van der Waals surface area (Å²) in [6, 6.07) is 1.95. The van der Waals surface area contributed by atoms with Gasteiger partial charge in [0.05, 0.1) is 0 Å². The van der Waals surface area contributed by atoms with Gasteiger partial charge in [-0.15, -0.1) is 0 Å². The number of nitrogens with zero attached hydrogens (tertiary/aromatic N) is 3. The van der Waals surface area contributed by atoms with Crippen LogP contribution in [0.3, 0.4) is 0 Å². The van der Waals surface area contributed by atoms with Crippen LogP contribution >= 0.6 is 0 Å². The summed E-state index contributed by atoms with van der Waals surface area (Å²) in [4.78, 5) is 13.6. The standard InChI is InChI=1S/C11H20N4O/c1-4-5-9(2)14(3)11(16)8-15-7-6-10(12)13-15/h6-7,9H,4-5,8H2,1-3H3,(H2,12,13). The minimum absolute atomic E-state index is 0.0593. The third-order valence-corrected chi connectivity index (χ3v) is 2.72. The van der Waals surface area contributed by atoms with Gasteiger partial charge in [0.1, 0.15) is 12.4 Å². The van der Waals surface area contributed by atoms with Crippen molar-refractivity contribution in [1.82, 2.24) is 14.7 Å². The average molecular weight is 224 g/mol. The van der Waals surface area contributed by atoms with Crippen molar-refractivity contribution in [2.24, 2.45) is 0 Å². The first kappa shape index (κ1) is 12.5. The normalized spacial score (nSPS) is 12.4. The van der Waals surface area contributed by atoms with Crippen LogP contribution in [-0.4, -0.2) is 33.7 Å². The van der Waals surface area contributed by atoms with Crippen LogP contribution in [-0.2, 0) is 11.3 Å². The summed E-state index contributed by atoms with van der Waals surface area (Å²) in [5.41, 5.74) is 5.48. The molecule has 5 nitrogen and oxygen atoms in total. The van der Waals surface area contributed by atoms with E-state index in [0.717, 1.165) is 12.8 Å². The van der Waals surface area contributed by atoms with Crippen molar-refractivity contribution in [2.75, 3.05) is 12.8 Å². The second-order valence-corrected chi connectivity index (χ2v) is 4.08. The maximum absolute atomic E-state index is 11.9. The number of carbonyl (C=O) groups excluding carboxylic acids is 1. The number of nitrogens with two attached hydrogens (primary N) is 1. The van der Waals surface area contributed by atoms with Crippen LogP contribution in [0, 0.1) is 0 Å². The van der Waals surface area contributed by atoms with Crippen LogP contribution < -0.4 is 5.73 Å². The van der Waals surface area contributed by atoms with Gasteiger partial charge in [-0.1, -0.05) is 13.3 Å². The molecule has 1 atom stereocenters. The number of hydrogen-bond donors (Lipinski definition) is 1. The summed E-state index contributed by atoms with van der Waals surface area (Å²) in [5, 5.41) is 3.99. The van der Waals surface area contributed by atoms with Gasteiger partial charge in [-0.2, -0.15) is 5.10 Å². The van der Waals surface area contributed by atoms with Crippen molar-refractivity contribution in [3.8, 4) is 0 Å². The number of aromatic nitrogens is 2. The molecule has 0 aliphatic rings. The number of nitrogen functional groups attached to an aromatic ring is 1. The molecule has 1 heterocycles. The first-order valence-electron chi connectivity index (χ1n) is 5.59. The van der Waals surface area contributed by atoms with E-state index in [4.69, 9.17) is 5.73 Å². The summed E-state index contributed by atoms with van der Waals surface area (Å²) in [6.07, 6.45) is 3.81. The van der Waals surface area contributed by atoms with Crippen molar-refractivity contribution in [2.45, 2.75) is 39.3 Å². The Balaban J connectivity index is 2.51. The molecule has 5 heteroatoms. The van der Waals surface area contributed by atoms with Crippen LogP contribution in [0.25, 0.3) is 0 Å². The van der Waals surface area contributed by atoms with Crippen molar-refractivity contribution in [1.29, 1.82) is 0 Å². The van der Waals surface area contributed by atoms with E-state index < -0.39 is 0 Å². The zero-order chi connectivity index (χ0) is 12.1. The lowest BCUT2D eigenvalue weighted by Crippen LogP contribution is -2.37. The second kappa shape index (κ2) is 5.53. The average Bonchev–Trinajstić information content (AvgIpc) is 2.63. The maximum Gasteiger partial charge on any atom is 0.244 e. The molecule has 90 valence electrons. The van der Waals surface area contributed by atoms with Gasteiger partial charge in [0.2, 0.25) is 5.91 Å². The fourth-order valence-electron chi connectivity index (χ4n) is 1.57. The Hall–Kier alpha value is -1.52. The zero-order valence-corrected chi connectivity index (χ0v) is 10.2. The van der Waals surface area contributed by atoms with E-state index in [1.54, 1.807) is 21.8 Å². The Morgan fingerprint density at radius 1 is 1.69 bits per heavy atom. The summed E-state index contributed by atoms with van der Waals surface area (Å²) in [6.45, 7) is 4.42. The lowest BCUT2D eigenvalue weighted by Gasteiger charge is -2.24. The molecule has 0 spiro atoms. The van der Waals surface area contributed by atoms with Crippen LogP contribution in [0.5, 0.6) is 0 Å². The highest BCUT2D eigenvalue weighted by molar-refractivity contribution is 5.75. The number of carbonyl (C=O) groups is 1. The van der Waals surface area contributed by atoms with Crippen LogP contribution in [0.2, 0.25) is 0 Å². The Labute approximate surface area is 96.2 Å². The van der Waals surface area contributed by atoms with E-state index in [0.29, 0.717) is 5.82 Å². The molecule has 16 heavy (non-hydrogen) atoms. The molecule has 0 aliphatic carbocycles. The Kier molecular flexibility index (Phi) is 4.34. The summed E-state index contributed by atoms with van der Waals surface area (Å²) >= 11 is 0. The molecule has 0 fully saturated rings. The minimum atomic E-state index is 0.0593. The summed E-state index contributed by atoms with van der Waals surface area (Å²) in [7, 11) is 1.83. The predicted molar refractivity (Wildman–Crippen MR) is 63.8 cm³/mol. The van der Waals surface area contributed by atoms with Gasteiger partial charge in [-0.05, 0) is 19.4 Å². The molecular formula is C11H20N4O. The molecule has 1 aromatic heterocycles. The van der Waals surface area contributed by atoms with Gasteiger partial charge in [-0.3, -0.25) is 9.48 Å². The topological polar surface area (TPSA) is 64.2 Å². The first-order chi connectivity index (χ1) is 7.54. The molecule has 0 aromatic carbocycles. The Morgan fingerprint density at radius 2 is 2.38 bits per heavy atom. The largest absolute Gasteiger partial charge is 0.382 e. The van der Waals surface area contributed by atoms with Crippen molar-refractivity contribution < 1.29 is 4.79 Å². The minimum Gasteiger partial charge on any atom is -0.382 e. The molecule has 0 saturated heterocycles. The number of anilines is 1. The SMILES string of the molecule is CCCC(C)N(C)C(=O)Cn1ccc(N)n1. The van der Waals surface area contributed by atoms with Crippen LogP contribution in [0.4, 0.5) is 5.82 Å². The third kappa shape index (κ3) is 3.25. The molecule has 2 N–H and O–H groups in total. The number of amides is 1. The zero-order valence-electron chi connectivity index (χ0n) is 10.2. The van der Waals surface area contributed by atoms with Gasteiger partial charge < -0.3 is 10.6 Å². The lowest BCUT2D eigenvalue weighted by molar-refractivity contribution is -0.132. The highest BCUT2D eigenvalue weighted by Gasteiger charge is 2.15. The van der Waals surface area contributed by atoms with Gasteiger partial charge >= 0.3 is 0 Å². The number of rotatable bonds is 5. The van der Waals surface area contributed by atoms with Crippen molar-refractivity contribution >= 4 is 11.7 Å². The van der Waals surface area contributed by atoms with Gasteiger partial charge in [-0.25, -0.2) is 0 Å². The van der Waals surface area contributed by atoms with Gasteiger partial charge in [0.25, 0.3) is 0 Å². The number of hydrogen-bond acceptors (Lipinski definition) is 3. The van der Waals surface area contributed by atoms with E-state index in [2.05, 4.69) is 18.9 Å². The third-order valence-electron chi connectivity index (χ3n) is 2.72. The fraction of sp³-hybridized carbons (Fsp3) is 0.636. The highest BCUT2D eigenvalue weighted by atomic mass is 16.2. The molecule has 1 unspecified atom stereocenters. The number of likely N-dealkylation sites (N-methyl/N-ethyl adjacent to an activating group) is 1. The predicted octanol–water partition coefficient (Wildman–Crippen LogP) is 1.11. The van der Waals surface area contributed by atoms with Gasteiger partial charge in [0, 0.05) is 19.3 Å². The highest BCUT2D eigenvalue weighted by Crippen LogP contribution is 2.05. The molecule has 0 aliphatic heterocycles. The van der Waals surface area contributed by atoms with Gasteiger partial charge in [0.15, 0.2) is 0 Å². The Bertz CT molecular complexity index is 348. The van der Waals surface area contributed by atoms with Crippen molar-refractivity contribution in [3.63, 3.8) is 0 Å². The van der Waals surface area contributed by atoms with E-state index >= 15 is 0 Å². The van der Waals surface area contributed by atoms with Crippen LogP contribution in [0.15, 0.2) is 12.3 Å². The fourth-order valence-corrected chi connectivity index (χ4v) is 1.57. The maximum atomic E-state index is 11.9. The Morgan fingerprint density at radius 3 is 2.88 bits per heavy atom. The molecular weight excluding hydrogens is 204 g/mol. The summed E-state index contributed by atoms with van der Waals surface area (Å²) in [5.74, 6) is 0.501. The van der Waals surface area contributed by atoms with Crippen molar-refractivity contribution in [3.05, 3.63) is 12.3 Å². The quantitative estimate of drug-likeness (QED) is 0.815. The second-order valence-electron chi connectivity index (χ2n) is 4.08. The molecule has 1 rings (SSSR count). The molecule has 0 bridgehead atoms.